The molecule has 0 heterocycles. The fraction of sp³-hybridized carbons (Fsp3) is 0.885. The first-order chi connectivity index (χ1) is 17.8. The van der Waals surface area contributed by atoms with Crippen LogP contribution in [0.25, 0.3) is 0 Å². The Morgan fingerprint density at radius 2 is 0.778 bits per heavy atom. The fourth-order valence-corrected chi connectivity index (χ4v) is 2.71. The highest BCUT2D eigenvalue weighted by Gasteiger charge is 1.97. The van der Waals surface area contributed by atoms with Gasteiger partial charge in [0.2, 0.25) is 0 Å². The van der Waals surface area contributed by atoms with Crippen LogP contribution in [-0.2, 0) is 47.4 Å². The molecule has 0 saturated heterocycles. The molecule has 214 valence electrons. The molecular weight excluding hydrogens is 472 g/mol. The van der Waals surface area contributed by atoms with E-state index >= 15 is 0 Å². The van der Waals surface area contributed by atoms with Gasteiger partial charge in [-0.25, -0.2) is 4.79 Å². The van der Waals surface area contributed by atoms with Gasteiger partial charge in [0.05, 0.1) is 99.1 Å². The zero-order valence-corrected chi connectivity index (χ0v) is 22.4. The van der Waals surface area contributed by atoms with Gasteiger partial charge in [-0.3, -0.25) is 0 Å². The summed E-state index contributed by atoms with van der Waals surface area (Å²) in [7, 11) is 0. The van der Waals surface area contributed by atoms with Crippen LogP contribution >= 0.6 is 0 Å². The lowest BCUT2D eigenvalue weighted by molar-refractivity contribution is -0.139. The van der Waals surface area contributed by atoms with Crippen molar-refractivity contribution in [2.45, 2.75) is 39.0 Å². The van der Waals surface area contributed by atoms with E-state index in [0.717, 1.165) is 19.1 Å². The van der Waals surface area contributed by atoms with Gasteiger partial charge in [-0.1, -0.05) is 39.2 Å². The lowest BCUT2D eigenvalue weighted by Crippen LogP contribution is -2.15. The van der Waals surface area contributed by atoms with E-state index in [1.54, 1.807) is 0 Å². The Morgan fingerprint density at radius 1 is 0.472 bits per heavy atom. The van der Waals surface area contributed by atoms with Crippen LogP contribution in [0.1, 0.15) is 39.0 Å². The maximum atomic E-state index is 10.8. The summed E-state index contributed by atoms with van der Waals surface area (Å²) < 4.78 is 48.2. The fourth-order valence-electron chi connectivity index (χ4n) is 2.71. The van der Waals surface area contributed by atoms with Crippen LogP contribution in [0, 0.1) is 0 Å². The molecule has 0 aromatic rings. The second kappa shape index (κ2) is 31.9. The van der Waals surface area contributed by atoms with Gasteiger partial charge in [0.1, 0.15) is 6.61 Å². The average Bonchev–Trinajstić information content (AvgIpc) is 2.89. The Balaban J connectivity index is 3.03. The molecule has 0 aromatic carbocycles. The van der Waals surface area contributed by atoms with Gasteiger partial charge in [0.25, 0.3) is 0 Å². The third kappa shape index (κ3) is 30.9. The Labute approximate surface area is 217 Å². The van der Waals surface area contributed by atoms with Crippen LogP contribution in [0.2, 0.25) is 0 Å². The lowest BCUT2D eigenvalue weighted by atomic mass is 10.2. The highest BCUT2D eigenvalue weighted by Crippen LogP contribution is 2.02. The number of hydrogen-bond donors (Lipinski definition) is 0. The van der Waals surface area contributed by atoms with Crippen molar-refractivity contribution < 1.29 is 47.4 Å². The molecule has 0 amide bonds. The maximum absolute atomic E-state index is 10.8. The van der Waals surface area contributed by atoms with Gasteiger partial charge >= 0.3 is 5.97 Å². The summed E-state index contributed by atoms with van der Waals surface area (Å²) in [5, 5.41) is 0. The molecule has 0 N–H and O–H groups in total. The smallest absolute Gasteiger partial charge is 0.330 e. The van der Waals surface area contributed by atoms with E-state index in [-0.39, 0.29) is 6.61 Å². The molecule has 0 rings (SSSR count). The highest BCUT2D eigenvalue weighted by atomic mass is 16.6. The largest absolute Gasteiger partial charge is 0.460 e. The molecule has 0 saturated carbocycles. The van der Waals surface area contributed by atoms with Gasteiger partial charge in [-0.2, -0.15) is 0 Å². The third-order valence-electron chi connectivity index (χ3n) is 4.63. The Kier molecular flexibility index (Phi) is 30.9. The zero-order valence-electron chi connectivity index (χ0n) is 22.4. The number of ether oxygens (including phenoxy) is 9. The molecule has 0 atom stereocenters. The average molecular weight is 523 g/mol. The minimum Gasteiger partial charge on any atom is -0.460 e. The van der Waals surface area contributed by atoms with Crippen LogP contribution in [-0.4, -0.2) is 118 Å². The van der Waals surface area contributed by atoms with E-state index in [1.165, 1.54) is 25.7 Å². The second-order valence-electron chi connectivity index (χ2n) is 7.68. The second-order valence-corrected chi connectivity index (χ2v) is 7.68. The first kappa shape index (κ1) is 34.9. The first-order valence-electron chi connectivity index (χ1n) is 13.2. The minimum absolute atomic E-state index is 0.207. The van der Waals surface area contributed by atoms with Gasteiger partial charge < -0.3 is 42.6 Å². The number of hydrogen-bond acceptors (Lipinski definition) is 10. The monoisotopic (exact) mass is 522 g/mol. The molecule has 0 bridgehead atoms. The molecule has 0 spiro atoms. The summed E-state index contributed by atoms with van der Waals surface area (Å²) in [6.45, 7) is 14.2. The van der Waals surface area contributed by atoms with Crippen LogP contribution in [0.4, 0.5) is 0 Å². The van der Waals surface area contributed by atoms with Gasteiger partial charge in [0, 0.05) is 12.7 Å². The first-order valence-corrected chi connectivity index (χ1v) is 13.2. The Hall–Kier alpha value is -1.11. The van der Waals surface area contributed by atoms with Crippen LogP contribution in [0.15, 0.2) is 12.7 Å². The van der Waals surface area contributed by atoms with E-state index in [4.69, 9.17) is 42.6 Å². The molecule has 10 heteroatoms. The SMILES string of the molecule is C=CC(=O)OCCOCCOCCOCCOCCOCCOCCOCCOCCCCCCC. The van der Waals surface area contributed by atoms with Crippen molar-refractivity contribution in [1.29, 1.82) is 0 Å². The van der Waals surface area contributed by atoms with Crippen LogP contribution < -0.4 is 0 Å². The van der Waals surface area contributed by atoms with E-state index in [0.29, 0.717) is 99.1 Å². The number of carbonyl (C=O) groups is 1. The Morgan fingerprint density at radius 3 is 1.11 bits per heavy atom. The zero-order chi connectivity index (χ0) is 26.2. The summed E-state index contributed by atoms with van der Waals surface area (Å²) in [6.07, 6.45) is 7.39. The van der Waals surface area contributed by atoms with E-state index in [9.17, 15) is 4.79 Å². The molecule has 0 aliphatic heterocycles. The highest BCUT2D eigenvalue weighted by molar-refractivity contribution is 5.81. The van der Waals surface area contributed by atoms with Crippen molar-refractivity contribution in [2.75, 3.05) is 112 Å². The number of rotatable bonds is 31. The quantitative estimate of drug-likeness (QED) is 0.0767. The summed E-state index contributed by atoms with van der Waals surface area (Å²) in [4.78, 5) is 10.8. The van der Waals surface area contributed by atoms with Crippen LogP contribution in [0.5, 0.6) is 0 Å². The van der Waals surface area contributed by atoms with Gasteiger partial charge in [-0.15, -0.1) is 0 Å². The minimum atomic E-state index is -0.453. The molecule has 0 fully saturated rings. The van der Waals surface area contributed by atoms with E-state index < -0.39 is 5.97 Å². The summed E-state index contributed by atoms with van der Waals surface area (Å²) in [5.74, 6) is -0.453. The summed E-state index contributed by atoms with van der Waals surface area (Å²) in [5.41, 5.74) is 0. The van der Waals surface area contributed by atoms with E-state index in [1.807, 2.05) is 0 Å². The summed E-state index contributed by atoms with van der Waals surface area (Å²) >= 11 is 0. The van der Waals surface area contributed by atoms with Gasteiger partial charge in [0.15, 0.2) is 0 Å². The lowest BCUT2D eigenvalue weighted by Gasteiger charge is -2.08. The van der Waals surface area contributed by atoms with Crippen molar-refractivity contribution in [1.82, 2.24) is 0 Å². The standard InChI is InChI=1S/C26H50O10/c1-3-5-6-7-8-9-28-10-11-29-12-13-30-14-15-31-16-17-32-18-19-33-20-21-34-22-23-35-24-25-36-26(27)4-2/h4H,2-3,5-25H2,1H3. The topological polar surface area (TPSA) is 100 Å². The normalized spacial score (nSPS) is 11.1. The Bertz CT molecular complexity index is 450. The number of carbonyl (C=O) groups excluding carboxylic acids is 1. The van der Waals surface area contributed by atoms with Crippen molar-refractivity contribution >= 4 is 5.97 Å². The molecular formula is C26H50O10. The third-order valence-corrected chi connectivity index (χ3v) is 4.63. The number of esters is 1. The van der Waals surface area contributed by atoms with Crippen molar-refractivity contribution in [3.05, 3.63) is 12.7 Å². The number of unbranched alkanes of at least 4 members (excludes halogenated alkanes) is 4. The predicted octanol–water partition coefficient (Wildman–Crippen LogP) is 2.82. The molecule has 0 unspecified atom stereocenters. The van der Waals surface area contributed by atoms with E-state index in [2.05, 4.69) is 13.5 Å². The van der Waals surface area contributed by atoms with Crippen LogP contribution in [0.3, 0.4) is 0 Å². The molecule has 10 nitrogen and oxygen atoms in total. The predicted molar refractivity (Wildman–Crippen MR) is 136 cm³/mol. The maximum Gasteiger partial charge on any atom is 0.330 e. The molecule has 0 aliphatic carbocycles. The van der Waals surface area contributed by atoms with Crippen molar-refractivity contribution in [3.63, 3.8) is 0 Å². The van der Waals surface area contributed by atoms with Gasteiger partial charge in [-0.05, 0) is 6.42 Å². The summed E-state index contributed by atoms with van der Waals surface area (Å²) in [6, 6.07) is 0. The molecule has 0 radical (unpaired) electrons. The molecule has 36 heavy (non-hydrogen) atoms. The molecule has 0 aromatic heterocycles. The van der Waals surface area contributed by atoms with Crippen molar-refractivity contribution in [2.24, 2.45) is 0 Å². The van der Waals surface area contributed by atoms with Crippen molar-refractivity contribution in [3.8, 4) is 0 Å². The molecule has 0 aliphatic rings.